The zero-order valence-corrected chi connectivity index (χ0v) is 10.7. The second kappa shape index (κ2) is 5.22. The minimum atomic E-state index is 0.0856. The topological polar surface area (TPSA) is 55.0 Å². The fraction of sp³-hybridized carbons (Fsp3) is 0.714. The van der Waals surface area contributed by atoms with E-state index in [2.05, 4.69) is 4.98 Å². The third-order valence-corrected chi connectivity index (χ3v) is 4.01. The molecule has 18 heavy (non-hydrogen) atoms. The highest BCUT2D eigenvalue weighted by atomic mass is 16.5. The average molecular weight is 248 g/mol. The quantitative estimate of drug-likeness (QED) is 0.773. The molecule has 4 heteroatoms. The van der Waals surface area contributed by atoms with E-state index in [9.17, 15) is 4.79 Å². The number of nitrogens with one attached hydrogen (secondary N) is 1. The van der Waals surface area contributed by atoms with Crippen LogP contribution in [0, 0.1) is 0 Å². The summed E-state index contributed by atoms with van der Waals surface area (Å²) in [6.07, 6.45) is 7.46. The Kier molecular flexibility index (Phi) is 3.46. The van der Waals surface area contributed by atoms with Gasteiger partial charge in [-0.15, -0.1) is 0 Å². The van der Waals surface area contributed by atoms with Crippen LogP contribution in [0.15, 0.2) is 4.79 Å². The summed E-state index contributed by atoms with van der Waals surface area (Å²) in [5, 5.41) is 0. The van der Waals surface area contributed by atoms with Gasteiger partial charge in [-0.05, 0) is 38.5 Å². The molecule has 1 unspecified atom stereocenters. The molecule has 1 N–H and O–H groups in total. The summed E-state index contributed by atoms with van der Waals surface area (Å²) in [7, 11) is 0. The molecule has 1 aromatic rings. The third kappa shape index (κ3) is 2.34. The zero-order chi connectivity index (χ0) is 12.4. The van der Waals surface area contributed by atoms with E-state index in [0.717, 1.165) is 62.2 Å². The predicted molar refractivity (Wildman–Crippen MR) is 68.9 cm³/mol. The Morgan fingerprint density at radius 1 is 1.17 bits per heavy atom. The zero-order valence-electron chi connectivity index (χ0n) is 10.7. The van der Waals surface area contributed by atoms with E-state index >= 15 is 0 Å². The second-order valence-electron chi connectivity index (χ2n) is 5.35. The van der Waals surface area contributed by atoms with Crippen LogP contribution in [-0.2, 0) is 17.6 Å². The number of aromatic nitrogens is 2. The van der Waals surface area contributed by atoms with Crippen LogP contribution in [0.3, 0.4) is 0 Å². The fourth-order valence-corrected chi connectivity index (χ4v) is 2.95. The van der Waals surface area contributed by atoms with E-state index in [1.165, 1.54) is 6.42 Å². The number of aryl methyl sites for hydroxylation is 1. The first kappa shape index (κ1) is 11.9. The molecule has 1 aliphatic heterocycles. The lowest BCUT2D eigenvalue weighted by atomic mass is 10.0. The Bertz CT molecular complexity index is 475. The van der Waals surface area contributed by atoms with Crippen molar-refractivity contribution in [2.24, 2.45) is 0 Å². The van der Waals surface area contributed by atoms with Crippen LogP contribution < -0.4 is 5.56 Å². The molecule has 0 radical (unpaired) electrons. The molecule has 1 saturated heterocycles. The van der Waals surface area contributed by atoms with Crippen molar-refractivity contribution in [3.8, 4) is 0 Å². The molecule has 0 spiro atoms. The van der Waals surface area contributed by atoms with Crippen molar-refractivity contribution in [1.82, 2.24) is 9.97 Å². The minimum Gasteiger partial charge on any atom is -0.381 e. The molecule has 0 bridgehead atoms. The molecule has 4 nitrogen and oxygen atoms in total. The standard InChI is InChI=1S/C14H20N2O2/c17-14-11-6-2-1-3-7-12(11)15-13(16-14)10-5-4-8-18-9-10/h10H,1-9H2,(H,15,16,17). The molecule has 0 amide bonds. The molecular formula is C14H20N2O2. The van der Waals surface area contributed by atoms with E-state index in [-0.39, 0.29) is 11.5 Å². The normalized spacial score (nSPS) is 24.3. The highest BCUT2D eigenvalue weighted by Gasteiger charge is 2.21. The van der Waals surface area contributed by atoms with Crippen molar-refractivity contribution in [3.05, 3.63) is 27.4 Å². The molecular weight excluding hydrogens is 228 g/mol. The van der Waals surface area contributed by atoms with Crippen LogP contribution in [-0.4, -0.2) is 23.2 Å². The highest BCUT2D eigenvalue weighted by Crippen LogP contribution is 2.23. The number of nitrogens with zero attached hydrogens (tertiary/aromatic N) is 1. The third-order valence-electron chi connectivity index (χ3n) is 4.01. The fourth-order valence-electron chi connectivity index (χ4n) is 2.95. The molecule has 2 aliphatic rings. The molecule has 1 fully saturated rings. The van der Waals surface area contributed by atoms with Gasteiger partial charge in [0.15, 0.2) is 0 Å². The molecule has 1 atom stereocenters. The van der Waals surface area contributed by atoms with Crippen LogP contribution in [0.1, 0.15) is 55.1 Å². The van der Waals surface area contributed by atoms with Gasteiger partial charge in [0.1, 0.15) is 5.82 Å². The maximum atomic E-state index is 12.1. The van der Waals surface area contributed by atoms with E-state index in [1.54, 1.807) is 0 Å². The molecule has 0 aromatic carbocycles. The van der Waals surface area contributed by atoms with E-state index in [0.29, 0.717) is 6.61 Å². The second-order valence-corrected chi connectivity index (χ2v) is 5.35. The number of hydrogen-bond donors (Lipinski definition) is 1. The Morgan fingerprint density at radius 2 is 2.06 bits per heavy atom. The lowest BCUT2D eigenvalue weighted by molar-refractivity contribution is 0.0779. The largest absolute Gasteiger partial charge is 0.381 e. The van der Waals surface area contributed by atoms with E-state index < -0.39 is 0 Å². The van der Waals surface area contributed by atoms with Crippen molar-refractivity contribution >= 4 is 0 Å². The van der Waals surface area contributed by atoms with Gasteiger partial charge in [-0.2, -0.15) is 0 Å². The molecule has 1 aromatic heterocycles. The maximum Gasteiger partial charge on any atom is 0.254 e. The monoisotopic (exact) mass is 248 g/mol. The number of H-pyrrole nitrogens is 1. The summed E-state index contributed by atoms with van der Waals surface area (Å²) in [5.74, 6) is 1.13. The smallest absolute Gasteiger partial charge is 0.254 e. The van der Waals surface area contributed by atoms with Gasteiger partial charge in [0.05, 0.1) is 12.3 Å². The van der Waals surface area contributed by atoms with Crippen molar-refractivity contribution in [1.29, 1.82) is 0 Å². The van der Waals surface area contributed by atoms with Crippen LogP contribution in [0.25, 0.3) is 0 Å². The van der Waals surface area contributed by atoms with Gasteiger partial charge in [0.2, 0.25) is 0 Å². The van der Waals surface area contributed by atoms with E-state index in [1.807, 2.05) is 0 Å². The molecule has 98 valence electrons. The van der Waals surface area contributed by atoms with Crippen molar-refractivity contribution < 1.29 is 4.74 Å². The van der Waals surface area contributed by atoms with Gasteiger partial charge < -0.3 is 9.72 Å². The number of aromatic amines is 1. The number of fused-ring (bicyclic) bond motifs is 1. The van der Waals surface area contributed by atoms with Gasteiger partial charge in [-0.3, -0.25) is 4.79 Å². The lowest BCUT2D eigenvalue weighted by Gasteiger charge is -2.21. The first-order valence-electron chi connectivity index (χ1n) is 7.04. The van der Waals surface area contributed by atoms with Gasteiger partial charge >= 0.3 is 0 Å². The molecule has 2 heterocycles. The predicted octanol–water partition coefficient (Wildman–Crippen LogP) is 1.93. The molecule has 1 aliphatic carbocycles. The van der Waals surface area contributed by atoms with Crippen LogP contribution in [0.5, 0.6) is 0 Å². The Morgan fingerprint density at radius 3 is 2.89 bits per heavy atom. The average Bonchev–Trinajstić information content (AvgIpc) is 2.65. The number of hydrogen-bond acceptors (Lipinski definition) is 3. The summed E-state index contributed by atoms with van der Waals surface area (Å²) in [6, 6.07) is 0. The minimum absolute atomic E-state index is 0.0856. The number of rotatable bonds is 1. The number of ether oxygens (including phenoxy) is 1. The van der Waals surface area contributed by atoms with Gasteiger partial charge in [0, 0.05) is 18.1 Å². The van der Waals surface area contributed by atoms with E-state index in [4.69, 9.17) is 9.72 Å². The van der Waals surface area contributed by atoms with Crippen LogP contribution >= 0.6 is 0 Å². The van der Waals surface area contributed by atoms with Gasteiger partial charge in [-0.1, -0.05) is 6.42 Å². The molecule has 0 saturated carbocycles. The lowest BCUT2D eigenvalue weighted by Crippen LogP contribution is -2.25. The molecule has 3 rings (SSSR count). The van der Waals surface area contributed by atoms with Crippen molar-refractivity contribution in [2.75, 3.05) is 13.2 Å². The maximum absolute atomic E-state index is 12.1. The first-order chi connectivity index (χ1) is 8.84. The Hall–Kier alpha value is -1.16. The van der Waals surface area contributed by atoms with Crippen LogP contribution in [0.4, 0.5) is 0 Å². The van der Waals surface area contributed by atoms with Crippen LogP contribution in [0.2, 0.25) is 0 Å². The highest BCUT2D eigenvalue weighted by molar-refractivity contribution is 5.20. The van der Waals surface area contributed by atoms with Crippen molar-refractivity contribution in [3.63, 3.8) is 0 Å². The Labute approximate surface area is 107 Å². The first-order valence-corrected chi connectivity index (χ1v) is 7.04. The summed E-state index contributed by atoms with van der Waals surface area (Å²) in [5.41, 5.74) is 2.05. The summed E-state index contributed by atoms with van der Waals surface area (Å²) in [6.45, 7) is 1.54. The van der Waals surface area contributed by atoms with Gasteiger partial charge in [0.25, 0.3) is 5.56 Å². The van der Waals surface area contributed by atoms with Crippen molar-refractivity contribution in [2.45, 2.75) is 50.9 Å². The van der Waals surface area contributed by atoms with Gasteiger partial charge in [-0.25, -0.2) is 4.98 Å². The summed E-state index contributed by atoms with van der Waals surface area (Å²) in [4.78, 5) is 19.9. The SMILES string of the molecule is O=c1[nH]c(C2CCCOC2)nc2c1CCCCC2. The summed E-state index contributed by atoms with van der Waals surface area (Å²) < 4.78 is 5.48. The Balaban J connectivity index is 1.94. The summed E-state index contributed by atoms with van der Waals surface area (Å²) >= 11 is 0.